The van der Waals surface area contributed by atoms with E-state index in [0.717, 1.165) is 43.6 Å². The molecule has 6 saturated heterocycles. The Balaban J connectivity index is 0.870. The molecule has 2 bridgehead atoms. The summed E-state index contributed by atoms with van der Waals surface area (Å²) in [6.45, 7) is 9.25. The second-order valence-electron chi connectivity index (χ2n) is 18.5. The van der Waals surface area contributed by atoms with Crippen LogP contribution in [0.5, 0.6) is 11.5 Å². The molecule has 0 radical (unpaired) electrons. The van der Waals surface area contributed by atoms with Crippen LogP contribution in [0.15, 0.2) is 65.8 Å². The highest BCUT2D eigenvalue weighted by Gasteiger charge is 2.76. The van der Waals surface area contributed by atoms with Crippen LogP contribution >= 0.6 is 0 Å². The Morgan fingerprint density at radius 3 is 2.57 bits per heavy atom. The number of pyridine rings is 1. The molecule has 20 heteroatoms. The van der Waals surface area contributed by atoms with E-state index in [4.69, 9.17) is 28.7 Å². The first kappa shape index (κ1) is 43.5. The van der Waals surface area contributed by atoms with Crippen molar-refractivity contribution in [3.05, 3.63) is 76.6 Å². The molecule has 19 nitrogen and oxygen atoms in total. The summed E-state index contributed by atoms with van der Waals surface area (Å²) in [5.41, 5.74) is -1.16. The van der Waals surface area contributed by atoms with Crippen LogP contribution in [0.3, 0.4) is 0 Å². The fourth-order valence-corrected chi connectivity index (χ4v) is 11.9. The number of rotatable bonds is 11. The minimum Gasteiger partial charge on any atom is -0.455 e. The molecular weight excluding hydrogens is 863 g/mol. The molecule has 2 aromatic heterocycles. The summed E-state index contributed by atoms with van der Waals surface area (Å²) in [5.74, 6) is -1.30. The highest BCUT2D eigenvalue weighted by Crippen LogP contribution is 2.63. The average molecular weight is 916 g/mol. The number of hydrogen-bond donors (Lipinski definition) is 3. The molecule has 2 aromatic carbocycles. The number of amides is 2. The number of anilines is 2. The van der Waals surface area contributed by atoms with Crippen molar-refractivity contribution in [2.24, 2.45) is 23.7 Å². The quantitative estimate of drug-likeness (QED) is 0.0908. The van der Waals surface area contributed by atoms with Crippen LogP contribution < -0.4 is 19.7 Å². The summed E-state index contributed by atoms with van der Waals surface area (Å²) in [7, 11) is -4.61. The van der Waals surface area contributed by atoms with Crippen molar-refractivity contribution in [1.29, 1.82) is 0 Å². The van der Waals surface area contributed by atoms with Crippen molar-refractivity contribution in [3.8, 4) is 11.5 Å². The van der Waals surface area contributed by atoms with Crippen LogP contribution in [0.1, 0.15) is 69.7 Å². The number of aromatic amines is 1. The van der Waals surface area contributed by atoms with E-state index in [9.17, 15) is 28.1 Å². The maximum atomic E-state index is 14.6. The van der Waals surface area contributed by atoms with Gasteiger partial charge in [0.15, 0.2) is 17.5 Å². The Labute approximate surface area is 375 Å². The first-order valence-corrected chi connectivity index (χ1v) is 23.8. The SMILES string of the molecule is C[C@@H]1CC[C@@H]2[C@]34OO[C@](C)(CC[C@@H]13)O[C@H]4O[C@]2(C)C(=O)N1CCN(c2ccc(C(=O)NS(=O)(=O)c3ccc(NCC4CCOCC4)c([N+](=O)[O-])c3)c(Oc3cnc4[nH]ccc4c3)c2)CC1. The molecule has 3 N–H and O–H groups in total. The van der Waals surface area contributed by atoms with Gasteiger partial charge < -0.3 is 39.0 Å². The number of carbonyl (C=O) groups excluding carboxylic acids is 2. The molecule has 0 unspecified atom stereocenters. The van der Waals surface area contributed by atoms with E-state index in [1.165, 1.54) is 24.4 Å². The topological polar surface area (TPSA) is 226 Å². The van der Waals surface area contributed by atoms with E-state index in [-0.39, 0.29) is 40.7 Å². The van der Waals surface area contributed by atoms with Gasteiger partial charge in [0.25, 0.3) is 27.5 Å². The lowest BCUT2D eigenvalue weighted by atomic mass is 9.59. The van der Waals surface area contributed by atoms with Gasteiger partial charge in [-0.2, -0.15) is 0 Å². The molecular formula is C45H53N7O12S. The zero-order valence-corrected chi connectivity index (χ0v) is 37.3. The minimum absolute atomic E-state index is 0.0422. The summed E-state index contributed by atoms with van der Waals surface area (Å²) < 4.78 is 54.3. The van der Waals surface area contributed by atoms with E-state index < -0.39 is 54.7 Å². The maximum Gasteiger partial charge on any atom is 0.293 e. The van der Waals surface area contributed by atoms with Crippen LogP contribution in [0.4, 0.5) is 17.1 Å². The minimum atomic E-state index is -4.61. The number of piperazine rings is 1. The zero-order chi connectivity index (χ0) is 45.3. The van der Waals surface area contributed by atoms with Crippen molar-refractivity contribution in [2.45, 2.75) is 87.5 Å². The lowest BCUT2D eigenvalue weighted by Crippen LogP contribution is -2.63. The largest absolute Gasteiger partial charge is 0.455 e. The van der Waals surface area contributed by atoms with Gasteiger partial charge in [-0.05, 0) is 100 Å². The summed E-state index contributed by atoms with van der Waals surface area (Å²) >= 11 is 0. The monoisotopic (exact) mass is 915 g/mol. The number of nitrogens with zero attached hydrogens (tertiary/aromatic N) is 4. The number of ether oxygens (including phenoxy) is 4. The number of H-pyrrole nitrogens is 1. The molecule has 6 aliphatic heterocycles. The summed E-state index contributed by atoms with van der Waals surface area (Å²) in [4.78, 5) is 63.1. The summed E-state index contributed by atoms with van der Waals surface area (Å²) in [6, 6.07) is 11.8. The molecule has 1 aliphatic carbocycles. The number of nitro benzene ring substituents is 1. The molecule has 8 heterocycles. The van der Waals surface area contributed by atoms with Crippen LogP contribution in [-0.4, -0.2) is 109 Å². The van der Waals surface area contributed by atoms with Crippen molar-refractivity contribution in [2.75, 3.05) is 56.2 Å². The maximum absolute atomic E-state index is 14.6. The van der Waals surface area contributed by atoms with Gasteiger partial charge in [-0.1, -0.05) is 6.92 Å². The molecule has 1 saturated carbocycles. The van der Waals surface area contributed by atoms with Gasteiger partial charge in [0.05, 0.1) is 21.6 Å². The van der Waals surface area contributed by atoms with Crippen LogP contribution in [0.25, 0.3) is 11.0 Å². The molecule has 346 valence electrons. The number of aromatic nitrogens is 2. The molecule has 2 amide bonds. The Bertz CT molecular complexity index is 2630. The number of nitrogens with one attached hydrogen (secondary N) is 3. The smallest absolute Gasteiger partial charge is 0.293 e. The predicted molar refractivity (Wildman–Crippen MR) is 233 cm³/mol. The van der Waals surface area contributed by atoms with Crippen LogP contribution in [0.2, 0.25) is 0 Å². The third-order valence-electron chi connectivity index (χ3n) is 14.5. The van der Waals surface area contributed by atoms with E-state index >= 15 is 0 Å². The molecule has 11 rings (SSSR count). The standard InChI is InChI=1S/C45H53N7O12S/c1-27-4-9-38-44(3,62-42-45(38)34(27)10-14-43(2,61-42)63-64-45)41(54)51-18-16-50(17-19-51)30-5-7-33(37(23-30)60-31-22-29-11-15-46-39(29)48-26-31)40(53)49-65(57,58)32-6-8-35(36(24-32)52(55)56)47-25-28-12-20-59-21-13-28/h5-8,11,15,22-24,26-28,34,38,42,47H,4,9-10,12-14,16-21,25H2,1-3H3,(H,46,48)(H,49,53)/t27-,34+,38+,42+,43-,44+,45-/m1/s1. The number of nitro groups is 1. The number of fused-ring (bicyclic) bond motifs is 3. The Morgan fingerprint density at radius 2 is 1.78 bits per heavy atom. The normalized spacial score (nSPS) is 30.1. The van der Waals surface area contributed by atoms with Crippen molar-refractivity contribution < 1.29 is 51.7 Å². The van der Waals surface area contributed by atoms with Gasteiger partial charge in [-0.25, -0.2) is 27.9 Å². The summed E-state index contributed by atoms with van der Waals surface area (Å²) in [5, 5.41) is 15.9. The molecule has 65 heavy (non-hydrogen) atoms. The van der Waals surface area contributed by atoms with Crippen molar-refractivity contribution >= 4 is 49.9 Å². The molecule has 1 spiro atoms. The van der Waals surface area contributed by atoms with E-state index in [2.05, 4.69) is 31.8 Å². The number of benzene rings is 2. The fraction of sp³-hybridized carbons (Fsp3) is 0.533. The van der Waals surface area contributed by atoms with Crippen LogP contribution in [-0.2, 0) is 38.8 Å². The fourth-order valence-electron chi connectivity index (χ4n) is 10.9. The first-order chi connectivity index (χ1) is 31.2. The Hall–Kier alpha value is -5.38. The highest BCUT2D eigenvalue weighted by molar-refractivity contribution is 7.90. The zero-order valence-electron chi connectivity index (χ0n) is 36.4. The van der Waals surface area contributed by atoms with Crippen molar-refractivity contribution in [3.63, 3.8) is 0 Å². The van der Waals surface area contributed by atoms with Gasteiger partial charge in [-0.3, -0.25) is 19.7 Å². The van der Waals surface area contributed by atoms with Gasteiger partial charge >= 0.3 is 0 Å². The van der Waals surface area contributed by atoms with Gasteiger partial charge in [0, 0.05) is 87.7 Å². The number of carbonyl (C=O) groups is 2. The molecule has 7 aliphatic rings. The van der Waals surface area contributed by atoms with E-state index in [1.54, 1.807) is 24.4 Å². The lowest BCUT2D eigenvalue weighted by molar-refractivity contribution is -0.541. The molecule has 4 aromatic rings. The predicted octanol–water partition coefficient (Wildman–Crippen LogP) is 5.87. The van der Waals surface area contributed by atoms with Gasteiger partial charge in [0.2, 0.25) is 5.79 Å². The molecule has 7 fully saturated rings. The number of hydrogen-bond acceptors (Lipinski definition) is 15. The third kappa shape index (κ3) is 7.76. The summed E-state index contributed by atoms with van der Waals surface area (Å²) in [6.07, 6.45) is 7.29. The third-order valence-corrected chi connectivity index (χ3v) is 15.9. The van der Waals surface area contributed by atoms with Crippen LogP contribution in [0, 0.1) is 33.8 Å². The van der Waals surface area contributed by atoms with Gasteiger partial charge in [0.1, 0.15) is 22.8 Å². The van der Waals surface area contributed by atoms with E-state index in [0.29, 0.717) is 75.4 Å². The number of sulfonamides is 1. The second-order valence-corrected chi connectivity index (χ2v) is 20.2. The Kier molecular flexibility index (Phi) is 11.0. The van der Waals surface area contributed by atoms with E-state index in [1.807, 2.05) is 24.8 Å². The Morgan fingerprint density at radius 1 is 0.985 bits per heavy atom. The average Bonchev–Trinajstić information content (AvgIpc) is 3.78. The van der Waals surface area contributed by atoms with Crippen molar-refractivity contribution in [1.82, 2.24) is 19.6 Å². The second kappa shape index (κ2) is 16.5. The van der Waals surface area contributed by atoms with Gasteiger partial charge in [-0.15, -0.1) is 0 Å². The molecule has 7 atom stereocenters. The first-order valence-electron chi connectivity index (χ1n) is 22.3. The lowest BCUT2D eigenvalue weighted by Gasteiger charge is -2.51. The highest BCUT2D eigenvalue weighted by atomic mass is 32.2.